The Labute approximate surface area is 268 Å². The van der Waals surface area contributed by atoms with Crippen LogP contribution in [-0.2, 0) is 29.2 Å². The first-order chi connectivity index (χ1) is 21.9. The fourth-order valence-corrected chi connectivity index (χ4v) is 5.46. The molecule has 228 valence electrons. The van der Waals surface area contributed by atoms with Gasteiger partial charge in [-0.15, -0.1) is 0 Å². The number of aromatic amines is 2. The molecule has 1 atom stereocenters. The maximum absolute atomic E-state index is 13.5. The molecule has 3 N–H and O–H groups in total. The number of H-pyrrole nitrogens is 2. The fraction of sp³-hybridized carbons (Fsp3) is 0.147. The van der Waals surface area contributed by atoms with Gasteiger partial charge in [-0.05, 0) is 54.1 Å². The van der Waals surface area contributed by atoms with Gasteiger partial charge in [0.05, 0.1) is 18.1 Å². The maximum atomic E-state index is 13.5. The second-order valence-electron chi connectivity index (χ2n) is 10.3. The third-order valence-corrected chi connectivity index (χ3v) is 7.88. The topological polar surface area (TPSA) is 118 Å². The summed E-state index contributed by atoms with van der Waals surface area (Å²) in [6.07, 6.45) is 2.06. The number of rotatable bonds is 11. The molecule has 0 aliphatic carbocycles. The summed E-state index contributed by atoms with van der Waals surface area (Å²) in [4.78, 5) is 37.2. The summed E-state index contributed by atoms with van der Waals surface area (Å²) in [5, 5.41) is 4.73. The van der Waals surface area contributed by atoms with E-state index in [1.54, 1.807) is 36.4 Å². The molecule has 0 saturated carbocycles. The lowest BCUT2D eigenvalue weighted by Gasteiger charge is -2.18. The molecule has 2 aromatic heterocycles. The number of nitrogens with zero attached hydrogens (tertiary/aromatic N) is 1. The van der Waals surface area contributed by atoms with Crippen molar-refractivity contribution in [2.24, 2.45) is 0 Å². The molecule has 0 aliphatic heterocycles. The number of hydrogen-bond donors (Lipinski definition) is 3. The molecule has 45 heavy (non-hydrogen) atoms. The highest BCUT2D eigenvalue weighted by Gasteiger charge is 2.25. The Morgan fingerprint density at radius 1 is 0.867 bits per heavy atom. The van der Waals surface area contributed by atoms with Crippen molar-refractivity contribution in [2.75, 3.05) is 7.11 Å². The molecule has 11 heteroatoms. The van der Waals surface area contributed by atoms with Crippen molar-refractivity contribution in [3.8, 4) is 11.5 Å². The van der Waals surface area contributed by atoms with E-state index in [4.69, 9.17) is 37.4 Å². The zero-order valence-electron chi connectivity index (χ0n) is 24.1. The van der Waals surface area contributed by atoms with Crippen LogP contribution < -0.4 is 14.8 Å². The van der Waals surface area contributed by atoms with Gasteiger partial charge < -0.3 is 29.5 Å². The van der Waals surface area contributed by atoms with Crippen LogP contribution in [0.1, 0.15) is 27.3 Å². The van der Waals surface area contributed by atoms with E-state index in [2.05, 4.69) is 20.3 Å². The number of amides is 1. The number of aromatic nitrogens is 3. The van der Waals surface area contributed by atoms with Crippen LogP contribution in [0.2, 0.25) is 10.0 Å². The van der Waals surface area contributed by atoms with Gasteiger partial charge in [-0.3, -0.25) is 4.79 Å². The average molecular weight is 644 g/mol. The summed E-state index contributed by atoms with van der Waals surface area (Å²) >= 11 is 12.4. The van der Waals surface area contributed by atoms with Crippen LogP contribution in [0.15, 0.2) is 91.1 Å². The Bertz CT molecular complexity index is 1970. The van der Waals surface area contributed by atoms with Crippen LogP contribution in [0.5, 0.6) is 11.5 Å². The van der Waals surface area contributed by atoms with Gasteiger partial charge >= 0.3 is 5.97 Å². The smallest absolute Gasteiger partial charge is 0.328 e. The number of hydrogen-bond acceptors (Lipinski definition) is 6. The first-order valence-corrected chi connectivity index (χ1v) is 14.8. The van der Waals surface area contributed by atoms with Gasteiger partial charge in [0.25, 0.3) is 5.91 Å². The molecule has 0 aliphatic rings. The predicted octanol–water partition coefficient (Wildman–Crippen LogP) is 7.02. The van der Waals surface area contributed by atoms with Crippen LogP contribution in [0.3, 0.4) is 0 Å². The molecular weight excluding hydrogens is 615 g/mol. The highest BCUT2D eigenvalue weighted by atomic mass is 35.5. The lowest BCUT2D eigenvalue weighted by Crippen LogP contribution is -2.43. The molecule has 4 aromatic carbocycles. The predicted molar refractivity (Wildman–Crippen MR) is 173 cm³/mol. The van der Waals surface area contributed by atoms with Crippen molar-refractivity contribution in [1.82, 2.24) is 20.3 Å². The van der Waals surface area contributed by atoms with Crippen molar-refractivity contribution >= 4 is 57.0 Å². The molecule has 9 nitrogen and oxygen atoms in total. The summed E-state index contributed by atoms with van der Waals surface area (Å²) < 4.78 is 17.2. The minimum Gasteiger partial charge on any atom is -0.485 e. The summed E-state index contributed by atoms with van der Waals surface area (Å²) in [6.45, 7) is 0.223. The van der Waals surface area contributed by atoms with Crippen LogP contribution in [0.25, 0.3) is 21.9 Å². The number of ether oxygens (including phenoxy) is 3. The lowest BCUT2D eigenvalue weighted by atomic mass is 10.0. The summed E-state index contributed by atoms with van der Waals surface area (Å²) in [5.41, 5.74) is 4.48. The highest BCUT2D eigenvalue weighted by Crippen LogP contribution is 2.32. The van der Waals surface area contributed by atoms with Crippen molar-refractivity contribution in [2.45, 2.75) is 25.7 Å². The molecule has 6 aromatic rings. The standard InChI is InChI=1S/C34H28Cl2N4O5/c1-43-34(42)29(14-22-17-37-26-7-3-2-6-24(22)26)40-33(41)20-11-13-30(45-19-32-38-27-8-4-5-9-28(27)39-32)31(15-20)44-18-21-10-12-23(35)16-25(21)36/h2-13,15-17,29,37H,14,18-19H2,1H3,(H,38,39)(H,40,41). The second-order valence-corrected chi connectivity index (χ2v) is 11.1. The van der Waals surface area contributed by atoms with Gasteiger partial charge in [-0.1, -0.05) is 59.6 Å². The number of carbonyl (C=O) groups excluding carboxylic acids is 2. The minimum atomic E-state index is -0.928. The number of esters is 1. The van der Waals surface area contributed by atoms with Crippen LogP contribution in [-0.4, -0.2) is 40.0 Å². The Balaban J connectivity index is 1.24. The molecular formula is C34H28Cl2N4O5. The van der Waals surface area contributed by atoms with E-state index in [9.17, 15) is 9.59 Å². The number of imidazole rings is 1. The van der Waals surface area contributed by atoms with Gasteiger partial charge in [-0.25, -0.2) is 9.78 Å². The summed E-state index contributed by atoms with van der Waals surface area (Å²) in [7, 11) is 1.29. The zero-order chi connectivity index (χ0) is 31.3. The molecule has 0 saturated heterocycles. The Hall–Kier alpha value is -4.99. The zero-order valence-corrected chi connectivity index (χ0v) is 25.6. The monoisotopic (exact) mass is 642 g/mol. The lowest BCUT2D eigenvalue weighted by molar-refractivity contribution is -0.142. The molecule has 1 unspecified atom stereocenters. The largest absolute Gasteiger partial charge is 0.485 e. The molecule has 2 heterocycles. The second kappa shape index (κ2) is 13.3. The number of halogens is 2. The molecule has 0 spiro atoms. The van der Waals surface area contributed by atoms with E-state index >= 15 is 0 Å². The van der Waals surface area contributed by atoms with Crippen LogP contribution in [0.4, 0.5) is 0 Å². The molecule has 0 bridgehead atoms. The SMILES string of the molecule is COC(=O)C(Cc1c[nH]c2ccccc12)NC(=O)c1ccc(OCc2nc3ccccc3[nH]2)c(OCc2ccc(Cl)cc2Cl)c1. The number of methoxy groups -OCH3 is 1. The van der Waals surface area contributed by atoms with E-state index in [1.807, 2.05) is 54.7 Å². The van der Waals surface area contributed by atoms with E-state index < -0.39 is 17.9 Å². The third kappa shape index (κ3) is 6.90. The Morgan fingerprint density at radius 3 is 2.44 bits per heavy atom. The van der Waals surface area contributed by atoms with E-state index in [1.165, 1.54) is 7.11 Å². The number of para-hydroxylation sites is 3. The molecule has 0 radical (unpaired) electrons. The third-order valence-electron chi connectivity index (χ3n) is 7.30. The number of nitrogens with one attached hydrogen (secondary N) is 3. The Kier molecular flexibility index (Phi) is 8.91. The normalized spacial score (nSPS) is 11.8. The average Bonchev–Trinajstić information content (AvgIpc) is 3.66. The summed E-state index contributed by atoms with van der Waals surface area (Å²) in [5.74, 6) is 0.274. The van der Waals surface area contributed by atoms with Crippen molar-refractivity contribution in [3.63, 3.8) is 0 Å². The summed E-state index contributed by atoms with van der Waals surface area (Å²) in [6, 6.07) is 24.4. The van der Waals surface area contributed by atoms with Crippen molar-refractivity contribution < 1.29 is 23.8 Å². The van der Waals surface area contributed by atoms with E-state index in [0.29, 0.717) is 32.9 Å². The number of benzene rings is 4. The molecule has 1 amide bonds. The first-order valence-electron chi connectivity index (χ1n) is 14.1. The maximum Gasteiger partial charge on any atom is 0.328 e. The van der Waals surface area contributed by atoms with Crippen LogP contribution in [0, 0.1) is 0 Å². The highest BCUT2D eigenvalue weighted by molar-refractivity contribution is 6.35. The van der Waals surface area contributed by atoms with Gasteiger partial charge in [-0.2, -0.15) is 0 Å². The molecule has 6 rings (SSSR count). The number of fused-ring (bicyclic) bond motifs is 2. The number of carbonyl (C=O) groups is 2. The fourth-order valence-electron chi connectivity index (χ4n) is 4.99. The first kappa shape index (κ1) is 30.1. The van der Waals surface area contributed by atoms with Gasteiger partial charge in [0.15, 0.2) is 11.5 Å². The van der Waals surface area contributed by atoms with E-state index in [-0.39, 0.29) is 25.2 Å². The van der Waals surface area contributed by atoms with E-state index in [0.717, 1.165) is 27.5 Å². The molecule has 0 fully saturated rings. The Morgan fingerprint density at radius 2 is 1.64 bits per heavy atom. The van der Waals surface area contributed by atoms with Crippen molar-refractivity contribution in [1.29, 1.82) is 0 Å². The quantitative estimate of drug-likeness (QED) is 0.131. The van der Waals surface area contributed by atoms with Crippen LogP contribution >= 0.6 is 23.2 Å². The van der Waals surface area contributed by atoms with Gasteiger partial charge in [0.2, 0.25) is 0 Å². The minimum absolute atomic E-state index is 0.0907. The van der Waals surface area contributed by atoms with Gasteiger partial charge in [0, 0.05) is 44.7 Å². The van der Waals surface area contributed by atoms with Crippen molar-refractivity contribution in [3.05, 3.63) is 124 Å². The van der Waals surface area contributed by atoms with Gasteiger partial charge in [0.1, 0.15) is 25.1 Å².